The van der Waals surface area contributed by atoms with Gasteiger partial charge in [-0.25, -0.2) is 0 Å². The number of methoxy groups -OCH3 is 1. The monoisotopic (exact) mass is 272 g/mol. The molecule has 1 aromatic carbocycles. The molecule has 4 nitrogen and oxygen atoms in total. The molecule has 106 valence electrons. The van der Waals surface area contributed by atoms with Crippen LogP contribution in [0, 0.1) is 0 Å². The van der Waals surface area contributed by atoms with Crippen LogP contribution in [0.4, 0.5) is 0 Å². The number of nitrogens with zero attached hydrogens (tertiary/aromatic N) is 1. The first kappa shape index (κ1) is 14.3. The van der Waals surface area contributed by atoms with Crippen LogP contribution < -0.4 is 10.1 Å². The number of hydrogen-bond donors (Lipinski definition) is 2. The van der Waals surface area contributed by atoms with Crippen molar-refractivity contribution in [2.75, 3.05) is 7.11 Å². The number of ether oxygens (including phenoxy) is 1. The van der Waals surface area contributed by atoms with Crippen LogP contribution in [0.25, 0.3) is 0 Å². The van der Waals surface area contributed by atoms with Crippen LogP contribution in [-0.2, 0) is 6.54 Å². The van der Waals surface area contributed by atoms with Gasteiger partial charge in [0.1, 0.15) is 11.5 Å². The second-order valence-electron chi connectivity index (χ2n) is 4.62. The normalized spacial score (nSPS) is 12.1. The first-order chi connectivity index (χ1) is 9.72. The number of pyridine rings is 1. The van der Waals surface area contributed by atoms with E-state index in [-0.39, 0.29) is 11.8 Å². The zero-order valence-corrected chi connectivity index (χ0v) is 11.8. The zero-order chi connectivity index (χ0) is 14.4. The van der Waals surface area contributed by atoms with Gasteiger partial charge in [-0.1, -0.05) is 19.1 Å². The average molecular weight is 272 g/mol. The summed E-state index contributed by atoms with van der Waals surface area (Å²) in [5, 5.41) is 12.7. The van der Waals surface area contributed by atoms with Crippen LogP contribution in [0.1, 0.15) is 30.6 Å². The summed E-state index contributed by atoms with van der Waals surface area (Å²) in [6.45, 7) is 2.82. The van der Waals surface area contributed by atoms with Crippen molar-refractivity contribution < 1.29 is 9.84 Å². The molecule has 0 saturated carbocycles. The summed E-state index contributed by atoms with van der Waals surface area (Å²) in [4.78, 5) is 4.17. The van der Waals surface area contributed by atoms with E-state index in [0.29, 0.717) is 6.54 Å². The summed E-state index contributed by atoms with van der Waals surface area (Å²) in [6, 6.07) is 11.8. The van der Waals surface area contributed by atoms with Gasteiger partial charge in [-0.3, -0.25) is 4.98 Å². The first-order valence-electron chi connectivity index (χ1n) is 6.74. The van der Waals surface area contributed by atoms with Crippen molar-refractivity contribution in [3.63, 3.8) is 0 Å². The molecule has 2 aromatic rings. The van der Waals surface area contributed by atoms with E-state index in [1.807, 2.05) is 18.2 Å². The van der Waals surface area contributed by atoms with E-state index in [4.69, 9.17) is 4.74 Å². The van der Waals surface area contributed by atoms with Crippen LogP contribution >= 0.6 is 0 Å². The van der Waals surface area contributed by atoms with Crippen LogP contribution in [0.3, 0.4) is 0 Å². The molecule has 0 aliphatic rings. The summed E-state index contributed by atoms with van der Waals surface area (Å²) < 4.78 is 5.17. The van der Waals surface area contributed by atoms with E-state index in [9.17, 15) is 5.11 Å². The molecule has 1 heterocycles. The molecule has 2 N–H and O–H groups in total. The lowest BCUT2D eigenvalue weighted by molar-refractivity contribution is 0.414. The predicted octanol–water partition coefficient (Wildman–Crippen LogP) is 3.04. The van der Waals surface area contributed by atoms with E-state index in [1.54, 1.807) is 13.2 Å². The second-order valence-corrected chi connectivity index (χ2v) is 4.62. The minimum atomic E-state index is 0.191. The third kappa shape index (κ3) is 3.71. The number of nitrogens with one attached hydrogen (secondary N) is 1. The van der Waals surface area contributed by atoms with Gasteiger partial charge in [0.15, 0.2) is 0 Å². The SMILES string of the molecule is CCC(NCc1ccc(O)cn1)c1ccc(OC)cc1. The Hall–Kier alpha value is -2.07. The Morgan fingerprint density at radius 3 is 2.50 bits per heavy atom. The molecule has 20 heavy (non-hydrogen) atoms. The molecule has 1 unspecified atom stereocenters. The third-order valence-electron chi connectivity index (χ3n) is 3.27. The molecule has 0 radical (unpaired) electrons. The minimum Gasteiger partial charge on any atom is -0.506 e. The van der Waals surface area contributed by atoms with Gasteiger partial charge >= 0.3 is 0 Å². The number of hydrogen-bond acceptors (Lipinski definition) is 4. The fraction of sp³-hybridized carbons (Fsp3) is 0.312. The molecule has 2 rings (SSSR count). The molecule has 1 atom stereocenters. The fourth-order valence-electron chi connectivity index (χ4n) is 2.08. The van der Waals surface area contributed by atoms with Gasteiger partial charge in [0.05, 0.1) is 19.0 Å². The maximum Gasteiger partial charge on any atom is 0.133 e. The summed E-state index contributed by atoms with van der Waals surface area (Å²) in [5.74, 6) is 1.06. The molecule has 4 heteroatoms. The molecular weight excluding hydrogens is 252 g/mol. The molecule has 1 aromatic heterocycles. The van der Waals surface area contributed by atoms with Gasteiger partial charge < -0.3 is 15.2 Å². The van der Waals surface area contributed by atoms with Crippen molar-refractivity contribution in [2.24, 2.45) is 0 Å². The van der Waals surface area contributed by atoms with Gasteiger partial charge in [-0.2, -0.15) is 0 Å². The highest BCUT2D eigenvalue weighted by Crippen LogP contribution is 2.20. The van der Waals surface area contributed by atoms with Crippen LogP contribution in [0.2, 0.25) is 0 Å². The van der Waals surface area contributed by atoms with E-state index in [0.717, 1.165) is 17.9 Å². The lowest BCUT2D eigenvalue weighted by atomic mass is 10.0. The second kappa shape index (κ2) is 6.91. The molecule has 0 bridgehead atoms. The molecule has 0 aliphatic heterocycles. The standard InChI is InChI=1S/C16H20N2O2/c1-3-16(12-4-8-15(20-2)9-5-12)18-10-13-6-7-14(19)11-17-13/h4-9,11,16,18-19H,3,10H2,1-2H3. The zero-order valence-electron chi connectivity index (χ0n) is 11.8. The number of aromatic nitrogens is 1. The fourth-order valence-corrected chi connectivity index (χ4v) is 2.08. The van der Waals surface area contributed by atoms with Crippen molar-refractivity contribution in [1.29, 1.82) is 0 Å². The van der Waals surface area contributed by atoms with Crippen molar-refractivity contribution in [3.8, 4) is 11.5 Å². The van der Waals surface area contributed by atoms with Gasteiger partial charge in [0.2, 0.25) is 0 Å². The van der Waals surface area contributed by atoms with Crippen LogP contribution in [0.15, 0.2) is 42.6 Å². The Balaban J connectivity index is 1.99. The quantitative estimate of drug-likeness (QED) is 0.848. The number of rotatable bonds is 6. The summed E-state index contributed by atoms with van der Waals surface area (Å²) in [6.07, 6.45) is 2.45. The summed E-state index contributed by atoms with van der Waals surface area (Å²) in [7, 11) is 1.67. The highest BCUT2D eigenvalue weighted by atomic mass is 16.5. The predicted molar refractivity (Wildman–Crippen MR) is 78.8 cm³/mol. The van der Waals surface area contributed by atoms with Crippen molar-refractivity contribution in [1.82, 2.24) is 10.3 Å². The van der Waals surface area contributed by atoms with Crippen molar-refractivity contribution in [2.45, 2.75) is 25.9 Å². The lowest BCUT2D eigenvalue weighted by Gasteiger charge is -2.17. The molecule has 0 spiro atoms. The van der Waals surface area contributed by atoms with Crippen molar-refractivity contribution in [3.05, 3.63) is 53.9 Å². The lowest BCUT2D eigenvalue weighted by Crippen LogP contribution is -2.20. The van der Waals surface area contributed by atoms with E-state index in [1.165, 1.54) is 11.8 Å². The third-order valence-corrected chi connectivity index (χ3v) is 3.27. The van der Waals surface area contributed by atoms with Gasteiger partial charge in [0, 0.05) is 12.6 Å². The number of aromatic hydroxyl groups is 1. The van der Waals surface area contributed by atoms with E-state index < -0.39 is 0 Å². The Kier molecular flexibility index (Phi) is 4.96. The molecule has 0 amide bonds. The Morgan fingerprint density at radius 1 is 1.20 bits per heavy atom. The van der Waals surface area contributed by atoms with Gasteiger partial charge in [-0.15, -0.1) is 0 Å². The Bertz CT molecular complexity index is 523. The Labute approximate surface area is 119 Å². The maximum atomic E-state index is 9.21. The molecular formula is C16H20N2O2. The maximum absolute atomic E-state index is 9.21. The first-order valence-corrected chi connectivity index (χ1v) is 6.74. The number of benzene rings is 1. The van der Waals surface area contributed by atoms with Crippen molar-refractivity contribution >= 4 is 0 Å². The Morgan fingerprint density at radius 2 is 1.95 bits per heavy atom. The highest BCUT2D eigenvalue weighted by Gasteiger charge is 2.09. The highest BCUT2D eigenvalue weighted by molar-refractivity contribution is 5.29. The smallest absolute Gasteiger partial charge is 0.133 e. The molecule has 0 aliphatic carbocycles. The van der Waals surface area contributed by atoms with E-state index >= 15 is 0 Å². The van der Waals surface area contributed by atoms with Crippen LogP contribution in [0.5, 0.6) is 11.5 Å². The van der Waals surface area contributed by atoms with Gasteiger partial charge in [-0.05, 0) is 36.2 Å². The van der Waals surface area contributed by atoms with Crippen LogP contribution in [-0.4, -0.2) is 17.2 Å². The molecule has 0 fully saturated rings. The topological polar surface area (TPSA) is 54.4 Å². The average Bonchev–Trinajstić information content (AvgIpc) is 2.50. The van der Waals surface area contributed by atoms with Gasteiger partial charge in [0.25, 0.3) is 0 Å². The minimum absolute atomic E-state index is 0.191. The summed E-state index contributed by atoms with van der Waals surface area (Å²) in [5.41, 5.74) is 2.14. The largest absolute Gasteiger partial charge is 0.506 e. The summed E-state index contributed by atoms with van der Waals surface area (Å²) >= 11 is 0. The van der Waals surface area contributed by atoms with E-state index in [2.05, 4.69) is 29.4 Å². The molecule has 0 saturated heterocycles.